The van der Waals surface area contributed by atoms with Crippen LogP contribution in [-0.2, 0) is 38.2 Å². The van der Waals surface area contributed by atoms with Gasteiger partial charge in [0.05, 0.1) is 49.7 Å². The fraction of sp³-hybridized carbons (Fsp3) is 0.824. The zero-order chi connectivity index (χ0) is 37.7. The van der Waals surface area contributed by atoms with Crippen molar-refractivity contribution in [3.8, 4) is 0 Å². The van der Waals surface area contributed by atoms with E-state index in [0.717, 1.165) is 32.1 Å². The van der Waals surface area contributed by atoms with Crippen molar-refractivity contribution >= 4 is 35.8 Å². The molecule has 0 saturated carbocycles. The van der Waals surface area contributed by atoms with Crippen molar-refractivity contribution in [1.82, 2.24) is 0 Å². The molecule has 0 heterocycles. The standard InChI is InChI=1S/C34H59NO14/c1-5-6-11-21(3)32(49-31(43)19-24(34(46)47)17-29(40)41)27(48-30(42)18-23(33(44)45)16-28(38)39)15-20(2)14-25(36)12-9-7-8-10-13-26(37)22(4)35/h20-27,32,36-37H,5-19,35H2,1-4H3,(H,38,39)(H,40,41)(H,44,45)(H,46,47)/t20-,21+,22-,23+,24+,25+,26+,27-,32+/m0/s1. The molecule has 0 radical (unpaired) electrons. The van der Waals surface area contributed by atoms with Crippen molar-refractivity contribution in [2.75, 3.05) is 0 Å². The zero-order valence-electron chi connectivity index (χ0n) is 29.3. The maximum Gasteiger partial charge on any atom is 0.307 e. The van der Waals surface area contributed by atoms with Gasteiger partial charge in [-0.15, -0.1) is 0 Å². The van der Waals surface area contributed by atoms with Crippen LogP contribution in [-0.4, -0.2) is 96.9 Å². The van der Waals surface area contributed by atoms with E-state index in [0.29, 0.717) is 25.7 Å². The fourth-order valence-electron chi connectivity index (χ4n) is 5.66. The van der Waals surface area contributed by atoms with Gasteiger partial charge >= 0.3 is 35.8 Å². The molecular weight excluding hydrogens is 646 g/mol. The maximum absolute atomic E-state index is 13.0. The first kappa shape index (κ1) is 45.7. The zero-order valence-corrected chi connectivity index (χ0v) is 29.3. The van der Waals surface area contributed by atoms with E-state index in [2.05, 4.69) is 0 Å². The molecule has 15 nitrogen and oxygen atoms in total. The summed E-state index contributed by atoms with van der Waals surface area (Å²) in [6, 6.07) is -0.300. The van der Waals surface area contributed by atoms with Gasteiger partial charge in [0.2, 0.25) is 0 Å². The van der Waals surface area contributed by atoms with Crippen molar-refractivity contribution in [3.05, 3.63) is 0 Å². The largest absolute Gasteiger partial charge is 0.481 e. The molecule has 284 valence electrons. The Labute approximate surface area is 288 Å². The molecule has 9 atom stereocenters. The molecule has 0 aromatic heterocycles. The number of nitrogens with two attached hydrogens (primary N) is 1. The summed E-state index contributed by atoms with van der Waals surface area (Å²) in [7, 11) is 0. The van der Waals surface area contributed by atoms with E-state index in [1.807, 2.05) is 6.92 Å². The third kappa shape index (κ3) is 21.4. The lowest BCUT2D eigenvalue weighted by Crippen LogP contribution is -2.42. The summed E-state index contributed by atoms with van der Waals surface area (Å²) in [6.45, 7) is 7.23. The lowest BCUT2D eigenvalue weighted by molar-refractivity contribution is -0.177. The van der Waals surface area contributed by atoms with Crippen LogP contribution in [0.25, 0.3) is 0 Å². The Morgan fingerprint density at radius 2 is 1.12 bits per heavy atom. The molecule has 8 N–H and O–H groups in total. The van der Waals surface area contributed by atoms with Crippen LogP contribution in [0.3, 0.4) is 0 Å². The quantitative estimate of drug-likeness (QED) is 0.0433. The smallest absolute Gasteiger partial charge is 0.307 e. The van der Waals surface area contributed by atoms with Gasteiger partial charge in [-0.05, 0) is 50.9 Å². The summed E-state index contributed by atoms with van der Waals surface area (Å²) in [4.78, 5) is 71.6. The highest BCUT2D eigenvalue weighted by atomic mass is 16.6. The second-order valence-electron chi connectivity index (χ2n) is 13.4. The molecule has 0 bridgehead atoms. The second-order valence-corrected chi connectivity index (χ2v) is 13.4. The molecule has 0 aromatic rings. The number of aliphatic hydroxyl groups excluding tert-OH is 2. The number of hydrogen-bond acceptors (Lipinski definition) is 11. The van der Waals surface area contributed by atoms with Gasteiger partial charge in [-0.1, -0.05) is 59.3 Å². The van der Waals surface area contributed by atoms with E-state index in [-0.39, 0.29) is 24.8 Å². The molecule has 0 rings (SSSR count). The molecule has 0 saturated heterocycles. The van der Waals surface area contributed by atoms with E-state index in [1.54, 1.807) is 20.8 Å². The van der Waals surface area contributed by atoms with E-state index in [4.69, 9.17) is 25.4 Å². The molecule has 0 aliphatic heterocycles. The number of aliphatic carboxylic acids is 4. The lowest BCUT2D eigenvalue weighted by Gasteiger charge is -2.33. The number of unbranched alkanes of at least 4 members (excludes halogenated alkanes) is 4. The summed E-state index contributed by atoms with van der Waals surface area (Å²) >= 11 is 0. The number of rotatable bonds is 29. The monoisotopic (exact) mass is 705 g/mol. The number of carbonyl (C=O) groups is 6. The van der Waals surface area contributed by atoms with Crippen molar-refractivity contribution in [1.29, 1.82) is 0 Å². The SMILES string of the molecule is CCCC[C@@H](C)[C@@H](OC(=O)C[C@@H](CC(=O)O)C(=O)O)[C@H](C[C@@H](C)C[C@H](O)CCCCCC[C@@H](O)[C@H](C)N)OC(=O)C[C@@H](CC(=O)O)C(=O)O. The minimum atomic E-state index is -1.57. The van der Waals surface area contributed by atoms with Gasteiger partial charge < -0.3 is 45.8 Å². The topological polar surface area (TPSA) is 268 Å². The van der Waals surface area contributed by atoms with Gasteiger partial charge in [0.1, 0.15) is 12.2 Å². The molecule has 0 amide bonds. The van der Waals surface area contributed by atoms with Crippen LogP contribution in [0.4, 0.5) is 0 Å². The molecule has 15 heteroatoms. The number of carbonyl (C=O) groups excluding carboxylic acids is 2. The van der Waals surface area contributed by atoms with Crippen LogP contribution in [0, 0.1) is 23.7 Å². The van der Waals surface area contributed by atoms with Crippen LogP contribution in [0.15, 0.2) is 0 Å². The average molecular weight is 706 g/mol. The van der Waals surface area contributed by atoms with Gasteiger partial charge in [0.15, 0.2) is 0 Å². The Kier molecular flexibility index (Phi) is 23.1. The molecule has 0 unspecified atom stereocenters. The summed E-state index contributed by atoms with van der Waals surface area (Å²) < 4.78 is 11.4. The van der Waals surface area contributed by atoms with Crippen LogP contribution in [0.2, 0.25) is 0 Å². The van der Waals surface area contributed by atoms with Crippen molar-refractivity contribution in [3.63, 3.8) is 0 Å². The van der Waals surface area contributed by atoms with Gasteiger partial charge in [-0.25, -0.2) is 0 Å². The number of carboxylic acids is 4. The average Bonchev–Trinajstić information content (AvgIpc) is 2.98. The van der Waals surface area contributed by atoms with Crippen LogP contribution in [0.5, 0.6) is 0 Å². The number of aliphatic hydroxyl groups is 2. The Hall–Kier alpha value is -3.30. The first-order valence-electron chi connectivity index (χ1n) is 17.3. The van der Waals surface area contributed by atoms with E-state index in [9.17, 15) is 49.2 Å². The van der Waals surface area contributed by atoms with Crippen molar-refractivity contribution < 1.29 is 68.9 Å². The summed E-state index contributed by atoms with van der Waals surface area (Å²) in [6.07, 6.45) is -0.0465. The van der Waals surface area contributed by atoms with E-state index < -0.39 is 104 Å². The van der Waals surface area contributed by atoms with Crippen LogP contribution >= 0.6 is 0 Å². The van der Waals surface area contributed by atoms with E-state index >= 15 is 0 Å². The highest BCUT2D eigenvalue weighted by Crippen LogP contribution is 2.29. The molecule has 49 heavy (non-hydrogen) atoms. The first-order chi connectivity index (χ1) is 22.9. The number of hydrogen-bond donors (Lipinski definition) is 7. The van der Waals surface area contributed by atoms with Crippen LogP contribution in [0.1, 0.15) is 124 Å². The van der Waals surface area contributed by atoms with Crippen molar-refractivity contribution in [2.45, 2.75) is 154 Å². The third-order valence-electron chi connectivity index (χ3n) is 8.56. The Bertz CT molecular complexity index is 1030. The number of esters is 2. The minimum absolute atomic E-state index is 0.0700. The summed E-state index contributed by atoms with van der Waals surface area (Å²) in [5.41, 5.74) is 5.68. The highest BCUT2D eigenvalue weighted by molar-refractivity contribution is 5.83. The summed E-state index contributed by atoms with van der Waals surface area (Å²) in [5.74, 6) is -11.8. The van der Waals surface area contributed by atoms with E-state index in [1.165, 1.54) is 0 Å². The molecular formula is C34H59NO14. The Morgan fingerprint density at radius 3 is 1.57 bits per heavy atom. The fourth-order valence-corrected chi connectivity index (χ4v) is 5.66. The first-order valence-corrected chi connectivity index (χ1v) is 17.3. The molecule has 0 aromatic carbocycles. The van der Waals surface area contributed by atoms with Crippen LogP contribution < -0.4 is 5.73 Å². The number of carboxylic acid groups (broad SMARTS) is 4. The highest BCUT2D eigenvalue weighted by Gasteiger charge is 2.37. The number of ether oxygens (including phenoxy) is 2. The summed E-state index contributed by atoms with van der Waals surface area (Å²) in [5, 5.41) is 57.6. The van der Waals surface area contributed by atoms with Crippen molar-refractivity contribution in [2.24, 2.45) is 29.4 Å². The normalized spacial score (nSPS) is 17.0. The molecule has 0 fully saturated rings. The molecule has 0 aliphatic carbocycles. The third-order valence-corrected chi connectivity index (χ3v) is 8.56. The van der Waals surface area contributed by atoms with Gasteiger partial charge in [-0.2, -0.15) is 0 Å². The lowest BCUT2D eigenvalue weighted by atomic mass is 9.87. The molecule has 0 spiro atoms. The predicted molar refractivity (Wildman–Crippen MR) is 176 cm³/mol. The Balaban J connectivity index is 5.94. The van der Waals surface area contributed by atoms with Gasteiger partial charge in [0, 0.05) is 6.04 Å². The van der Waals surface area contributed by atoms with Gasteiger partial charge in [-0.3, -0.25) is 28.8 Å². The maximum atomic E-state index is 13.0. The Morgan fingerprint density at radius 1 is 0.633 bits per heavy atom. The van der Waals surface area contributed by atoms with Gasteiger partial charge in [0.25, 0.3) is 0 Å². The molecule has 0 aliphatic rings. The minimum Gasteiger partial charge on any atom is -0.481 e. The second kappa shape index (κ2) is 24.8. The predicted octanol–water partition coefficient (Wildman–Crippen LogP) is 3.59.